The predicted octanol–water partition coefficient (Wildman–Crippen LogP) is -1.19. The van der Waals surface area contributed by atoms with Gasteiger partial charge >= 0.3 is 29.6 Å². The Balaban J connectivity index is 0.00000196. The summed E-state index contributed by atoms with van der Waals surface area (Å²) in [5.74, 6) is 0. The van der Waals surface area contributed by atoms with E-state index in [0.717, 1.165) is 13.1 Å². The van der Waals surface area contributed by atoms with E-state index >= 15 is 0 Å². The van der Waals surface area contributed by atoms with Crippen molar-refractivity contribution in [2.45, 2.75) is 25.9 Å². The molecule has 0 spiro atoms. The Morgan fingerprint density at radius 3 is 1.47 bits per heavy atom. The molecule has 0 saturated carbocycles. The Hall–Kier alpha value is 1.48. The first-order valence-corrected chi connectivity index (χ1v) is 6.13. The summed E-state index contributed by atoms with van der Waals surface area (Å²) in [6, 6.07) is 0.697. The van der Waals surface area contributed by atoms with Gasteiger partial charge in [0, 0.05) is 25.2 Å². The fraction of sp³-hybridized carbons (Fsp3) is 0.750. The smallest absolute Gasteiger partial charge is 0.351 e. The average Bonchev–Trinajstić information content (AvgIpc) is 2.07. The predicted molar refractivity (Wildman–Crippen MR) is 75.5 cm³/mol. The molecule has 1 rings (SSSR count). The van der Waals surface area contributed by atoms with Crippen LogP contribution in [-0.4, -0.2) is 43.6 Å². The van der Waals surface area contributed by atoms with Crippen molar-refractivity contribution in [3.8, 4) is 0 Å². The number of nitrogens with zero attached hydrogens (tertiary/aromatic N) is 2. The maximum Gasteiger partial charge on any atom is 1.00 e. The van der Waals surface area contributed by atoms with E-state index in [0.29, 0.717) is 20.7 Å². The van der Waals surface area contributed by atoms with Gasteiger partial charge in [-0.25, -0.2) is 0 Å². The molecule has 1 aliphatic rings. The van der Waals surface area contributed by atoms with Gasteiger partial charge in [0.15, 0.2) is 0 Å². The van der Waals surface area contributed by atoms with Crippen LogP contribution >= 0.6 is 49.7 Å². The maximum absolute atomic E-state index is 5.07. The zero-order chi connectivity index (χ0) is 10.9. The molecule has 1 aliphatic heterocycles. The third kappa shape index (κ3) is 4.33. The molecule has 0 aromatic heterocycles. The molecule has 1 fully saturated rings. The largest absolute Gasteiger partial charge is 1.00 e. The second-order valence-electron chi connectivity index (χ2n) is 3.57. The summed E-state index contributed by atoms with van der Waals surface area (Å²) >= 11 is 18.6. The van der Waals surface area contributed by atoms with Gasteiger partial charge in [0.2, 0.25) is 0 Å². The van der Waals surface area contributed by atoms with Crippen molar-refractivity contribution in [1.82, 2.24) is 9.80 Å². The van der Waals surface area contributed by atoms with Gasteiger partial charge in [0.1, 0.15) is 8.64 Å². The molecule has 0 N–H and O–H groups in total. The van der Waals surface area contributed by atoms with Crippen molar-refractivity contribution in [3.05, 3.63) is 0 Å². The van der Waals surface area contributed by atoms with Gasteiger partial charge in [-0.2, -0.15) is 0 Å². The second kappa shape index (κ2) is 7.03. The van der Waals surface area contributed by atoms with Crippen LogP contribution in [0.5, 0.6) is 0 Å². The van der Waals surface area contributed by atoms with Crippen LogP contribution in [0.25, 0.3) is 0 Å². The zero-order valence-electron chi connectivity index (χ0n) is 9.17. The van der Waals surface area contributed by atoms with Crippen LogP contribution in [0, 0.1) is 0 Å². The fourth-order valence-corrected chi connectivity index (χ4v) is 2.73. The summed E-state index contributed by atoms with van der Waals surface area (Å²) in [7, 11) is 0. The molecule has 1 heterocycles. The number of thiocarbonyl (C=S) groups is 2. The van der Waals surface area contributed by atoms with Crippen LogP contribution in [0.4, 0.5) is 0 Å². The molecule has 7 heteroatoms. The Kier molecular flexibility index (Phi) is 7.73. The molecular formula is C8H14N2NaS4+. The molecule has 15 heavy (non-hydrogen) atoms. The molecule has 0 bridgehead atoms. The minimum absolute atomic E-state index is 0. The number of thiol groups is 2. The number of piperazine rings is 1. The van der Waals surface area contributed by atoms with Crippen LogP contribution in [0.1, 0.15) is 13.8 Å². The fourth-order valence-electron chi connectivity index (χ4n) is 1.66. The van der Waals surface area contributed by atoms with Crippen molar-refractivity contribution in [2.75, 3.05) is 13.1 Å². The summed E-state index contributed by atoms with van der Waals surface area (Å²) < 4.78 is 1.32. The van der Waals surface area contributed by atoms with E-state index in [1.807, 2.05) is 0 Å². The molecule has 0 radical (unpaired) electrons. The SMILES string of the molecule is CC1CN(C(=S)S)C(C)CN1C(=S)S.[Na+]. The van der Waals surface area contributed by atoms with Gasteiger partial charge in [-0.15, -0.1) is 25.3 Å². The summed E-state index contributed by atoms with van der Waals surface area (Å²) in [5.41, 5.74) is 0. The van der Waals surface area contributed by atoms with Crippen LogP contribution in [0.3, 0.4) is 0 Å². The van der Waals surface area contributed by atoms with E-state index in [1.54, 1.807) is 0 Å². The first-order chi connectivity index (χ1) is 6.43. The van der Waals surface area contributed by atoms with Crippen LogP contribution in [0.2, 0.25) is 0 Å². The van der Waals surface area contributed by atoms with E-state index in [2.05, 4.69) is 48.9 Å². The van der Waals surface area contributed by atoms with E-state index in [-0.39, 0.29) is 29.6 Å². The quantitative estimate of drug-likeness (QED) is 0.329. The number of hydrogen-bond acceptors (Lipinski definition) is 2. The van der Waals surface area contributed by atoms with Crippen LogP contribution in [0.15, 0.2) is 0 Å². The average molecular weight is 289 g/mol. The molecule has 0 amide bonds. The van der Waals surface area contributed by atoms with Gasteiger partial charge in [0.05, 0.1) is 0 Å². The normalized spacial score (nSPS) is 25.9. The standard InChI is InChI=1S/C8H14N2S4.Na/c1-5-3-10(8(13)14)6(2)4-9(5)7(11)12;/h5-6H,3-4H2,1-2H3,(H,11,12)(H,13,14);/q;+1. The van der Waals surface area contributed by atoms with Gasteiger partial charge in [-0.3, -0.25) is 0 Å². The van der Waals surface area contributed by atoms with Crippen LogP contribution < -0.4 is 29.6 Å². The zero-order valence-corrected chi connectivity index (χ0v) is 14.6. The van der Waals surface area contributed by atoms with Gasteiger partial charge in [0.25, 0.3) is 0 Å². The minimum Gasteiger partial charge on any atom is -0.351 e. The third-order valence-electron chi connectivity index (χ3n) is 2.48. The van der Waals surface area contributed by atoms with E-state index in [1.165, 1.54) is 0 Å². The summed E-state index contributed by atoms with van der Waals surface area (Å²) in [4.78, 5) is 4.23. The van der Waals surface area contributed by atoms with Crippen LogP contribution in [-0.2, 0) is 0 Å². The third-order valence-corrected chi connectivity index (χ3v) is 3.46. The summed E-state index contributed by atoms with van der Waals surface area (Å²) in [5, 5.41) is 0. The van der Waals surface area contributed by atoms with Gasteiger partial charge in [-0.1, -0.05) is 24.4 Å². The van der Waals surface area contributed by atoms with Crippen molar-refractivity contribution in [1.29, 1.82) is 0 Å². The van der Waals surface area contributed by atoms with Crippen molar-refractivity contribution in [2.24, 2.45) is 0 Å². The first-order valence-electron chi connectivity index (χ1n) is 4.42. The Bertz CT molecular complexity index is 235. The van der Waals surface area contributed by atoms with Crippen molar-refractivity contribution >= 4 is 58.3 Å². The Morgan fingerprint density at radius 1 is 1.00 bits per heavy atom. The molecule has 1 saturated heterocycles. The van der Waals surface area contributed by atoms with Crippen molar-refractivity contribution < 1.29 is 29.6 Å². The second-order valence-corrected chi connectivity index (χ2v) is 5.79. The molecule has 0 aromatic carbocycles. The molecule has 2 unspecified atom stereocenters. The molecule has 2 nitrogen and oxygen atoms in total. The van der Waals surface area contributed by atoms with Gasteiger partial charge < -0.3 is 9.80 Å². The maximum atomic E-state index is 5.07. The van der Waals surface area contributed by atoms with E-state index in [4.69, 9.17) is 24.4 Å². The molecule has 80 valence electrons. The Labute approximate surface area is 135 Å². The summed E-state index contributed by atoms with van der Waals surface area (Å²) in [6.07, 6.45) is 0. The van der Waals surface area contributed by atoms with E-state index in [9.17, 15) is 0 Å². The first kappa shape index (κ1) is 16.5. The van der Waals surface area contributed by atoms with Gasteiger partial charge in [-0.05, 0) is 13.8 Å². The summed E-state index contributed by atoms with van der Waals surface area (Å²) in [6.45, 7) is 5.97. The van der Waals surface area contributed by atoms with E-state index < -0.39 is 0 Å². The topological polar surface area (TPSA) is 6.48 Å². The molecular weight excluding hydrogens is 275 g/mol. The van der Waals surface area contributed by atoms with Crippen molar-refractivity contribution in [3.63, 3.8) is 0 Å². The Morgan fingerprint density at radius 2 is 1.27 bits per heavy atom. The molecule has 0 aliphatic carbocycles. The number of hydrogen-bond donors (Lipinski definition) is 2. The number of rotatable bonds is 0. The minimum atomic E-state index is 0. The monoisotopic (exact) mass is 289 g/mol. The molecule has 0 aromatic rings. The molecule has 2 atom stereocenters.